The van der Waals surface area contributed by atoms with Gasteiger partial charge in [-0.15, -0.1) is 0 Å². The van der Waals surface area contributed by atoms with Crippen LogP contribution in [-0.2, 0) is 4.79 Å². The van der Waals surface area contributed by atoms with Crippen LogP contribution in [-0.4, -0.2) is 35.6 Å². The van der Waals surface area contributed by atoms with Crippen molar-refractivity contribution in [2.45, 2.75) is 12.0 Å². The Morgan fingerprint density at radius 3 is 2.47 bits per heavy atom. The molecule has 0 aliphatic carbocycles. The highest BCUT2D eigenvalue weighted by Crippen LogP contribution is 2.28. The molecule has 0 spiro atoms. The molecule has 0 bridgehead atoms. The van der Waals surface area contributed by atoms with Gasteiger partial charge in [0.2, 0.25) is 5.91 Å². The van der Waals surface area contributed by atoms with Crippen molar-refractivity contribution in [3.8, 4) is 0 Å². The summed E-state index contributed by atoms with van der Waals surface area (Å²) in [5.74, 6) is -0.475. The van der Waals surface area contributed by atoms with E-state index in [4.69, 9.17) is 11.6 Å². The van der Waals surface area contributed by atoms with Crippen LogP contribution in [0, 0.1) is 0 Å². The zero-order valence-electron chi connectivity index (χ0n) is 8.35. The summed E-state index contributed by atoms with van der Waals surface area (Å²) < 4.78 is 0. The molecule has 3 nitrogen and oxygen atoms in total. The second kappa shape index (κ2) is 3.83. The third kappa shape index (κ3) is 1.85. The minimum Gasteiger partial charge on any atom is -0.390 e. The summed E-state index contributed by atoms with van der Waals surface area (Å²) in [6.07, 6.45) is -0.622. The molecule has 1 fully saturated rings. The lowest BCUT2D eigenvalue weighted by molar-refractivity contribution is -0.128. The van der Waals surface area contributed by atoms with E-state index in [1.54, 1.807) is 36.2 Å². The summed E-state index contributed by atoms with van der Waals surface area (Å²) in [4.78, 5) is 13.3. The number of β-amino-alcohol motifs (C(OH)–C–C–N with tert-alkyl or cyclic N) is 1. The number of hydrogen-bond acceptors (Lipinski definition) is 2. The van der Waals surface area contributed by atoms with Gasteiger partial charge in [0.05, 0.1) is 12.0 Å². The van der Waals surface area contributed by atoms with E-state index in [2.05, 4.69) is 0 Å². The molecule has 15 heavy (non-hydrogen) atoms. The van der Waals surface area contributed by atoms with Crippen molar-refractivity contribution in [3.63, 3.8) is 0 Å². The smallest absolute Gasteiger partial charge is 0.232 e. The first-order valence-electron chi connectivity index (χ1n) is 4.78. The maximum absolute atomic E-state index is 11.7. The van der Waals surface area contributed by atoms with Crippen LogP contribution >= 0.6 is 11.6 Å². The van der Waals surface area contributed by atoms with E-state index < -0.39 is 12.0 Å². The third-order valence-corrected chi connectivity index (χ3v) is 2.97. The molecule has 4 heteroatoms. The maximum Gasteiger partial charge on any atom is 0.232 e. The number of rotatable bonds is 1. The molecule has 1 heterocycles. The van der Waals surface area contributed by atoms with Crippen molar-refractivity contribution in [3.05, 3.63) is 34.9 Å². The van der Waals surface area contributed by atoms with E-state index >= 15 is 0 Å². The lowest BCUT2D eigenvalue weighted by Gasteiger charge is -2.11. The van der Waals surface area contributed by atoms with E-state index in [0.717, 1.165) is 5.56 Å². The van der Waals surface area contributed by atoms with Gasteiger partial charge in [0.15, 0.2) is 0 Å². The van der Waals surface area contributed by atoms with Crippen molar-refractivity contribution in [1.29, 1.82) is 0 Å². The predicted molar refractivity (Wildman–Crippen MR) is 57.8 cm³/mol. The molecule has 1 N–H and O–H groups in total. The molecule has 0 saturated carbocycles. The number of aliphatic hydroxyl groups is 1. The molecule has 0 unspecified atom stereocenters. The summed E-state index contributed by atoms with van der Waals surface area (Å²) in [6.45, 7) is 0.395. The first-order chi connectivity index (χ1) is 7.09. The Bertz CT molecular complexity index is 377. The Labute approximate surface area is 93.3 Å². The van der Waals surface area contributed by atoms with Gasteiger partial charge in [-0.1, -0.05) is 23.7 Å². The molecule has 80 valence electrons. The van der Waals surface area contributed by atoms with Gasteiger partial charge < -0.3 is 10.0 Å². The number of hydrogen-bond donors (Lipinski definition) is 1. The monoisotopic (exact) mass is 225 g/mol. The fourth-order valence-corrected chi connectivity index (χ4v) is 2.04. The largest absolute Gasteiger partial charge is 0.390 e. The first-order valence-corrected chi connectivity index (χ1v) is 5.16. The van der Waals surface area contributed by atoms with Crippen LogP contribution in [0.4, 0.5) is 0 Å². The minimum absolute atomic E-state index is 0.0372. The molecule has 2 atom stereocenters. The van der Waals surface area contributed by atoms with Gasteiger partial charge in [0.25, 0.3) is 0 Å². The minimum atomic E-state index is -0.622. The fraction of sp³-hybridized carbons (Fsp3) is 0.364. The van der Waals surface area contributed by atoms with E-state index in [1.807, 2.05) is 0 Å². The Hall–Kier alpha value is -1.06. The van der Waals surface area contributed by atoms with Gasteiger partial charge in [-0.3, -0.25) is 4.79 Å². The van der Waals surface area contributed by atoms with Crippen molar-refractivity contribution in [2.75, 3.05) is 13.6 Å². The number of halogens is 1. The molecule has 0 radical (unpaired) electrons. The maximum atomic E-state index is 11.7. The Balaban J connectivity index is 2.31. The molecule has 0 aromatic heterocycles. The second-order valence-corrected chi connectivity index (χ2v) is 4.25. The number of amides is 1. The molecule has 2 rings (SSSR count). The summed E-state index contributed by atoms with van der Waals surface area (Å²) in [6, 6.07) is 7.03. The summed E-state index contributed by atoms with van der Waals surface area (Å²) >= 11 is 5.76. The molecule has 1 aliphatic heterocycles. The standard InChI is InChI=1S/C11H12ClNO2/c1-13-6-9(14)10(11(13)15)7-2-4-8(12)5-3-7/h2-5,9-10,14H,6H2,1H3/t9-,10+/m0/s1. The zero-order chi connectivity index (χ0) is 11.0. The van der Waals surface area contributed by atoms with Crippen LogP contribution in [0.2, 0.25) is 5.02 Å². The number of benzene rings is 1. The lowest BCUT2D eigenvalue weighted by atomic mass is 9.96. The Morgan fingerprint density at radius 1 is 1.40 bits per heavy atom. The average Bonchev–Trinajstić information content (AvgIpc) is 2.44. The van der Waals surface area contributed by atoms with Gasteiger partial charge in [-0.2, -0.15) is 0 Å². The highest BCUT2D eigenvalue weighted by atomic mass is 35.5. The summed E-state index contributed by atoms with van der Waals surface area (Å²) in [5, 5.41) is 10.4. The second-order valence-electron chi connectivity index (χ2n) is 3.82. The van der Waals surface area contributed by atoms with Crippen molar-refractivity contribution >= 4 is 17.5 Å². The fourth-order valence-electron chi connectivity index (χ4n) is 1.91. The van der Waals surface area contributed by atoms with Crippen molar-refractivity contribution < 1.29 is 9.90 Å². The first kappa shape index (κ1) is 10.5. The van der Waals surface area contributed by atoms with Crippen molar-refractivity contribution in [2.24, 2.45) is 0 Å². The summed E-state index contributed by atoms with van der Waals surface area (Å²) in [7, 11) is 1.70. The van der Waals surface area contributed by atoms with Gasteiger partial charge in [-0.05, 0) is 17.7 Å². The van der Waals surface area contributed by atoms with Crippen LogP contribution in [0.3, 0.4) is 0 Å². The van der Waals surface area contributed by atoms with Crippen LogP contribution < -0.4 is 0 Å². The summed E-state index contributed by atoms with van der Waals surface area (Å²) in [5.41, 5.74) is 0.821. The molecule has 1 amide bonds. The van der Waals surface area contributed by atoms with Gasteiger partial charge in [-0.25, -0.2) is 0 Å². The van der Waals surface area contributed by atoms with E-state index in [0.29, 0.717) is 11.6 Å². The van der Waals surface area contributed by atoms with Gasteiger partial charge in [0, 0.05) is 18.6 Å². The Kier molecular flexibility index (Phi) is 2.67. The van der Waals surface area contributed by atoms with Crippen LogP contribution in [0.15, 0.2) is 24.3 Å². The zero-order valence-corrected chi connectivity index (χ0v) is 9.11. The number of carbonyl (C=O) groups is 1. The number of carbonyl (C=O) groups excluding carboxylic acids is 1. The molecule has 1 aromatic rings. The van der Waals surface area contributed by atoms with Gasteiger partial charge >= 0.3 is 0 Å². The van der Waals surface area contributed by atoms with Crippen molar-refractivity contribution in [1.82, 2.24) is 4.90 Å². The molecule has 1 aromatic carbocycles. The Morgan fingerprint density at radius 2 is 2.00 bits per heavy atom. The average molecular weight is 226 g/mol. The quantitative estimate of drug-likeness (QED) is 0.782. The van der Waals surface area contributed by atoms with E-state index in [1.165, 1.54) is 0 Å². The van der Waals surface area contributed by atoms with Crippen LogP contribution in [0.25, 0.3) is 0 Å². The van der Waals surface area contributed by atoms with E-state index in [-0.39, 0.29) is 5.91 Å². The number of aliphatic hydroxyl groups excluding tert-OH is 1. The van der Waals surface area contributed by atoms with Gasteiger partial charge in [0.1, 0.15) is 0 Å². The van der Waals surface area contributed by atoms with Crippen LogP contribution in [0.1, 0.15) is 11.5 Å². The molecular formula is C11H12ClNO2. The normalized spacial score (nSPS) is 26.1. The number of likely N-dealkylation sites (tertiary alicyclic amines) is 1. The number of likely N-dealkylation sites (N-methyl/N-ethyl adjacent to an activating group) is 1. The predicted octanol–water partition coefficient (Wildman–Crippen LogP) is 1.26. The molecular weight excluding hydrogens is 214 g/mol. The number of nitrogens with zero attached hydrogens (tertiary/aromatic N) is 1. The molecule has 1 aliphatic rings. The molecule has 1 saturated heterocycles. The third-order valence-electron chi connectivity index (χ3n) is 2.72. The topological polar surface area (TPSA) is 40.5 Å². The van der Waals surface area contributed by atoms with E-state index in [9.17, 15) is 9.90 Å². The highest BCUT2D eigenvalue weighted by Gasteiger charge is 2.38. The SMILES string of the molecule is CN1C[C@H](O)[C@@H](c2ccc(Cl)cc2)C1=O. The highest BCUT2D eigenvalue weighted by molar-refractivity contribution is 6.30. The van der Waals surface area contributed by atoms with Crippen LogP contribution in [0.5, 0.6) is 0 Å². The lowest BCUT2D eigenvalue weighted by Crippen LogP contribution is -2.21.